The Kier molecular flexibility index (Phi) is 4.52. The summed E-state index contributed by atoms with van der Waals surface area (Å²) in [5.74, 6) is 0. The minimum Gasteiger partial charge on any atom is -0.392 e. The fourth-order valence-corrected chi connectivity index (χ4v) is 3.32. The van der Waals surface area contributed by atoms with Gasteiger partial charge in [-0.15, -0.1) is 0 Å². The summed E-state index contributed by atoms with van der Waals surface area (Å²) in [4.78, 5) is 13.1. The molecule has 0 unspecified atom stereocenters. The summed E-state index contributed by atoms with van der Waals surface area (Å²) in [7, 11) is 0. The molecule has 0 atom stereocenters. The van der Waals surface area contributed by atoms with Crippen molar-refractivity contribution >= 4 is 5.52 Å². The summed E-state index contributed by atoms with van der Waals surface area (Å²) in [6.45, 7) is 1.98. The van der Waals surface area contributed by atoms with Gasteiger partial charge in [0, 0.05) is 23.5 Å². The second-order valence-corrected chi connectivity index (χ2v) is 6.64. The maximum absolute atomic E-state index is 13.1. The van der Waals surface area contributed by atoms with Crippen molar-refractivity contribution in [3.8, 4) is 17.3 Å². The van der Waals surface area contributed by atoms with Crippen LogP contribution in [0.5, 0.6) is 0 Å². The van der Waals surface area contributed by atoms with Gasteiger partial charge in [0.2, 0.25) is 0 Å². The lowest BCUT2D eigenvalue weighted by molar-refractivity contribution is 0.283. The molecular weight excluding hydrogens is 352 g/mol. The van der Waals surface area contributed by atoms with Crippen molar-refractivity contribution in [2.75, 3.05) is 0 Å². The van der Waals surface area contributed by atoms with Gasteiger partial charge in [-0.2, -0.15) is 10.4 Å². The Morgan fingerprint density at radius 2 is 1.86 bits per heavy atom. The Labute approximate surface area is 161 Å². The molecular formula is C22H18N4O2. The van der Waals surface area contributed by atoms with Crippen molar-refractivity contribution in [1.82, 2.24) is 14.2 Å². The number of aromatic nitrogens is 3. The molecule has 0 bridgehead atoms. The van der Waals surface area contributed by atoms with Crippen molar-refractivity contribution in [3.63, 3.8) is 0 Å². The molecule has 2 heterocycles. The fraction of sp³-hybridized carbons (Fsp3) is 0.136. The van der Waals surface area contributed by atoms with E-state index in [1.54, 1.807) is 24.5 Å². The normalized spacial score (nSPS) is 10.9. The van der Waals surface area contributed by atoms with Crippen LogP contribution in [-0.2, 0) is 13.2 Å². The predicted octanol–water partition coefficient (Wildman–Crippen LogP) is 2.88. The molecule has 0 aliphatic carbocycles. The molecule has 0 spiro atoms. The maximum atomic E-state index is 13.1. The molecule has 0 saturated heterocycles. The quantitative estimate of drug-likeness (QED) is 0.599. The van der Waals surface area contributed by atoms with Crippen LogP contribution in [0.15, 0.2) is 65.7 Å². The SMILES string of the molecule is Cc1ccc(-c2nn3ccn(Cc4ccccc4C#N)c(=O)c3c2CO)cc1. The molecule has 4 aromatic rings. The minimum absolute atomic E-state index is 0.259. The number of benzene rings is 2. The molecule has 4 rings (SSSR count). The topological polar surface area (TPSA) is 83.3 Å². The first-order valence-electron chi connectivity index (χ1n) is 8.89. The summed E-state index contributed by atoms with van der Waals surface area (Å²) >= 11 is 0. The number of nitrogens with zero attached hydrogens (tertiary/aromatic N) is 4. The lowest BCUT2D eigenvalue weighted by Crippen LogP contribution is -2.23. The van der Waals surface area contributed by atoms with Crippen LogP contribution >= 0.6 is 0 Å². The number of hydrogen-bond donors (Lipinski definition) is 1. The van der Waals surface area contributed by atoms with E-state index in [1.165, 1.54) is 9.08 Å². The van der Waals surface area contributed by atoms with Gasteiger partial charge < -0.3 is 9.67 Å². The summed E-state index contributed by atoms with van der Waals surface area (Å²) in [5.41, 5.74) is 4.44. The van der Waals surface area contributed by atoms with Gasteiger partial charge in [-0.1, -0.05) is 48.0 Å². The second kappa shape index (κ2) is 7.14. The third-order valence-electron chi connectivity index (χ3n) is 4.82. The minimum atomic E-state index is -0.291. The molecule has 0 fully saturated rings. The number of aliphatic hydroxyl groups excluding tert-OH is 1. The maximum Gasteiger partial charge on any atom is 0.277 e. The molecule has 0 radical (unpaired) electrons. The van der Waals surface area contributed by atoms with Gasteiger partial charge in [0.1, 0.15) is 5.52 Å². The zero-order valence-electron chi connectivity index (χ0n) is 15.3. The van der Waals surface area contributed by atoms with Crippen molar-refractivity contribution in [3.05, 3.63) is 93.5 Å². The molecule has 6 nitrogen and oxygen atoms in total. The molecule has 138 valence electrons. The van der Waals surface area contributed by atoms with E-state index in [0.29, 0.717) is 22.3 Å². The molecule has 2 aromatic heterocycles. The van der Waals surface area contributed by atoms with E-state index in [4.69, 9.17) is 0 Å². The van der Waals surface area contributed by atoms with Crippen LogP contribution in [0.3, 0.4) is 0 Å². The Hall–Kier alpha value is -3.69. The number of hydrogen-bond acceptors (Lipinski definition) is 4. The Bertz CT molecular complexity index is 1260. The van der Waals surface area contributed by atoms with Crippen LogP contribution in [0.2, 0.25) is 0 Å². The van der Waals surface area contributed by atoms with Crippen LogP contribution in [0.4, 0.5) is 0 Å². The molecule has 0 aliphatic heterocycles. The van der Waals surface area contributed by atoms with Crippen LogP contribution in [0.25, 0.3) is 16.8 Å². The third-order valence-corrected chi connectivity index (χ3v) is 4.82. The smallest absolute Gasteiger partial charge is 0.277 e. The third kappa shape index (κ3) is 2.98. The molecule has 6 heteroatoms. The van der Waals surface area contributed by atoms with Gasteiger partial charge in [-0.05, 0) is 18.6 Å². The van der Waals surface area contributed by atoms with E-state index in [2.05, 4.69) is 11.2 Å². The van der Waals surface area contributed by atoms with Crippen LogP contribution in [0.1, 0.15) is 22.3 Å². The number of aliphatic hydroxyl groups is 1. The highest BCUT2D eigenvalue weighted by Crippen LogP contribution is 2.25. The zero-order valence-corrected chi connectivity index (χ0v) is 15.3. The Morgan fingerprint density at radius 1 is 1.11 bits per heavy atom. The largest absolute Gasteiger partial charge is 0.392 e. The van der Waals surface area contributed by atoms with Crippen molar-refractivity contribution in [2.24, 2.45) is 0 Å². The average Bonchev–Trinajstić information content (AvgIpc) is 3.10. The monoisotopic (exact) mass is 370 g/mol. The molecule has 28 heavy (non-hydrogen) atoms. The summed E-state index contributed by atoms with van der Waals surface area (Å²) in [5, 5.41) is 23.8. The van der Waals surface area contributed by atoms with E-state index in [0.717, 1.165) is 16.7 Å². The van der Waals surface area contributed by atoms with Gasteiger partial charge in [0.25, 0.3) is 5.56 Å². The first-order chi connectivity index (χ1) is 13.6. The fourth-order valence-electron chi connectivity index (χ4n) is 3.32. The number of aryl methyl sites for hydroxylation is 1. The van der Waals surface area contributed by atoms with Crippen molar-refractivity contribution < 1.29 is 5.11 Å². The highest BCUT2D eigenvalue weighted by Gasteiger charge is 2.18. The molecule has 1 N–H and O–H groups in total. The number of fused-ring (bicyclic) bond motifs is 1. The predicted molar refractivity (Wildman–Crippen MR) is 106 cm³/mol. The standard InChI is InChI=1S/C22H18N4O2/c1-15-6-8-16(9-7-15)20-19(14-27)21-22(28)25(10-11-26(21)24-20)13-18-5-3-2-4-17(18)12-23/h2-11,27H,13-14H2,1H3. The van der Waals surface area contributed by atoms with E-state index in [9.17, 15) is 15.2 Å². The van der Waals surface area contributed by atoms with Crippen LogP contribution in [0, 0.1) is 18.3 Å². The Morgan fingerprint density at radius 3 is 2.57 bits per heavy atom. The number of rotatable bonds is 4. The second-order valence-electron chi connectivity index (χ2n) is 6.64. The van der Waals surface area contributed by atoms with E-state index in [1.807, 2.05) is 43.3 Å². The summed E-state index contributed by atoms with van der Waals surface area (Å²) < 4.78 is 3.04. The molecule has 0 aliphatic rings. The number of nitriles is 1. The van der Waals surface area contributed by atoms with E-state index in [-0.39, 0.29) is 18.7 Å². The van der Waals surface area contributed by atoms with Gasteiger partial charge in [0.05, 0.1) is 30.5 Å². The molecule has 0 saturated carbocycles. The lowest BCUT2D eigenvalue weighted by Gasteiger charge is -2.08. The average molecular weight is 370 g/mol. The molecule has 0 amide bonds. The van der Waals surface area contributed by atoms with E-state index >= 15 is 0 Å². The molecule has 2 aromatic carbocycles. The summed E-state index contributed by atoms with van der Waals surface area (Å²) in [6, 6.07) is 17.1. The highest BCUT2D eigenvalue weighted by atomic mass is 16.3. The first-order valence-corrected chi connectivity index (χ1v) is 8.89. The zero-order chi connectivity index (χ0) is 19.7. The lowest BCUT2D eigenvalue weighted by atomic mass is 10.1. The summed E-state index contributed by atoms with van der Waals surface area (Å²) in [6.07, 6.45) is 3.35. The first kappa shape index (κ1) is 17.7. The Balaban J connectivity index is 1.86. The van der Waals surface area contributed by atoms with Crippen molar-refractivity contribution in [1.29, 1.82) is 5.26 Å². The van der Waals surface area contributed by atoms with Gasteiger partial charge >= 0.3 is 0 Å². The van der Waals surface area contributed by atoms with Gasteiger partial charge in [-0.25, -0.2) is 4.52 Å². The van der Waals surface area contributed by atoms with Crippen LogP contribution < -0.4 is 5.56 Å². The van der Waals surface area contributed by atoms with E-state index < -0.39 is 0 Å². The highest BCUT2D eigenvalue weighted by molar-refractivity contribution is 5.72. The van der Waals surface area contributed by atoms with Gasteiger partial charge in [-0.3, -0.25) is 4.79 Å². The van der Waals surface area contributed by atoms with Gasteiger partial charge in [0.15, 0.2) is 0 Å². The van der Waals surface area contributed by atoms with Crippen LogP contribution in [-0.4, -0.2) is 19.3 Å². The van der Waals surface area contributed by atoms with Crippen molar-refractivity contribution in [2.45, 2.75) is 20.1 Å².